The van der Waals surface area contributed by atoms with Gasteiger partial charge < -0.3 is 20.9 Å². The van der Waals surface area contributed by atoms with E-state index in [1.807, 2.05) is 39.8 Å². The molecule has 3 aromatic rings. The monoisotopic (exact) mass is 491 g/mol. The third kappa shape index (κ3) is 4.94. The third-order valence-electron chi connectivity index (χ3n) is 6.46. The minimum Gasteiger partial charge on any atom is -0.348 e. The van der Waals surface area contributed by atoms with E-state index < -0.39 is 6.04 Å². The molecule has 0 radical (unpaired) electrons. The van der Waals surface area contributed by atoms with Crippen molar-refractivity contribution in [2.75, 3.05) is 13.1 Å². The summed E-state index contributed by atoms with van der Waals surface area (Å²) in [4.78, 5) is 47.4. The second-order valence-electron chi connectivity index (χ2n) is 9.65. The Morgan fingerprint density at radius 1 is 1.22 bits per heavy atom. The highest BCUT2D eigenvalue weighted by Crippen LogP contribution is 2.27. The largest absolute Gasteiger partial charge is 0.348 e. The van der Waals surface area contributed by atoms with E-state index in [1.54, 1.807) is 28.8 Å². The van der Waals surface area contributed by atoms with E-state index in [0.717, 1.165) is 16.8 Å². The number of aromatic nitrogens is 4. The van der Waals surface area contributed by atoms with Gasteiger partial charge in [0.2, 0.25) is 5.91 Å². The summed E-state index contributed by atoms with van der Waals surface area (Å²) in [6.45, 7) is 10.4. The summed E-state index contributed by atoms with van der Waals surface area (Å²) in [5.74, 6) is -0.399. The highest BCUT2D eigenvalue weighted by Gasteiger charge is 2.24. The van der Waals surface area contributed by atoms with Crippen molar-refractivity contribution in [1.82, 2.24) is 30.0 Å². The van der Waals surface area contributed by atoms with E-state index in [9.17, 15) is 14.4 Å². The minimum absolute atomic E-state index is 0.0504. The Kier molecular flexibility index (Phi) is 7.07. The molecule has 10 nitrogen and oxygen atoms in total. The molecule has 4 N–H and O–H groups in total. The SMILES string of the molecule is Cc1cc(C)c(CNC(=O)c2cc(C3=CCN(C(=O)C(C)N)CC3)nc3c2cnn3C(C)C)c(=O)[nH]1. The Balaban J connectivity index is 1.68. The number of pyridine rings is 2. The summed E-state index contributed by atoms with van der Waals surface area (Å²) in [5, 5.41) is 8.01. The lowest BCUT2D eigenvalue weighted by Gasteiger charge is -2.28. The van der Waals surface area contributed by atoms with Gasteiger partial charge in [-0.3, -0.25) is 14.4 Å². The molecule has 0 fully saturated rings. The molecule has 0 bridgehead atoms. The number of aryl methyl sites for hydroxylation is 2. The second kappa shape index (κ2) is 10.1. The molecule has 1 aliphatic heterocycles. The number of rotatable bonds is 6. The fraction of sp³-hybridized carbons (Fsp3) is 0.423. The summed E-state index contributed by atoms with van der Waals surface area (Å²) in [5.41, 5.74) is 10.4. The predicted molar refractivity (Wildman–Crippen MR) is 138 cm³/mol. The smallest absolute Gasteiger partial charge is 0.253 e. The molecule has 1 unspecified atom stereocenters. The third-order valence-corrected chi connectivity index (χ3v) is 6.46. The maximum absolute atomic E-state index is 13.4. The molecule has 4 rings (SSSR count). The maximum atomic E-state index is 13.4. The molecule has 0 aromatic carbocycles. The lowest BCUT2D eigenvalue weighted by molar-refractivity contribution is -0.131. The van der Waals surface area contributed by atoms with Gasteiger partial charge in [0.1, 0.15) is 0 Å². The van der Waals surface area contributed by atoms with Crippen molar-refractivity contribution in [3.63, 3.8) is 0 Å². The zero-order chi connectivity index (χ0) is 26.1. The number of nitrogens with two attached hydrogens (primary N) is 1. The van der Waals surface area contributed by atoms with Gasteiger partial charge in [-0.25, -0.2) is 9.67 Å². The van der Waals surface area contributed by atoms with Crippen LogP contribution in [-0.4, -0.2) is 55.6 Å². The fourth-order valence-electron chi connectivity index (χ4n) is 4.50. The van der Waals surface area contributed by atoms with E-state index in [-0.39, 0.29) is 30.0 Å². The Morgan fingerprint density at radius 2 is 1.97 bits per heavy atom. The number of carbonyl (C=O) groups is 2. The van der Waals surface area contributed by atoms with Gasteiger partial charge in [-0.05, 0) is 64.3 Å². The first kappa shape index (κ1) is 25.3. The van der Waals surface area contributed by atoms with Gasteiger partial charge in [0.05, 0.1) is 28.9 Å². The van der Waals surface area contributed by atoms with Gasteiger partial charge in [-0.15, -0.1) is 0 Å². The summed E-state index contributed by atoms with van der Waals surface area (Å²) in [7, 11) is 0. The Morgan fingerprint density at radius 3 is 2.58 bits per heavy atom. The normalized spacial score (nSPS) is 14.8. The topological polar surface area (TPSA) is 139 Å². The van der Waals surface area contributed by atoms with Crippen molar-refractivity contribution in [2.24, 2.45) is 5.73 Å². The average Bonchev–Trinajstić information content (AvgIpc) is 3.26. The van der Waals surface area contributed by atoms with Crippen molar-refractivity contribution < 1.29 is 9.59 Å². The van der Waals surface area contributed by atoms with E-state index in [4.69, 9.17) is 10.7 Å². The summed E-state index contributed by atoms with van der Waals surface area (Å²) in [6.07, 6.45) is 4.22. The molecule has 0 saturated heterocycles. The lowest BCUT2D eigenvalue weighted by atomic mass is 10.0. The Hall–Kier alpha value is -3.79. The summed E-state index contributed by atoms with van der Waals surface area (Å²) in [6, 6.07) is 3.15. The van der Waals surface area contributed by atoms with Crippen molar-refractivity contribution in [3.05, 3.63) is 62.8 Å². The van der Waals surface area contributed by atoms with Crippen molar-refractivity contribution >= 4 is 28.4 Å². The molecule has 36 heavy (non-hydrogen) atoms. The molecule has 0 saturated carbocycles. The van der Waals surface area contributed by atoms with E-state index in [2.05, 4.69) is 15.4 Å². The molecule has 3 aromatic heterocycles. The van der Waals surface area contributed by atoms with Crippen LogP contribution in [0, 0.1) is 13.8 Å². The van der Waals surface area contributed by atoms with Crippen LogP contribution in [0.5, 0.6) is 0 Å². The van der Waals surface area contributed by atoms with Gasteiger partial charge >= 0.3 is 0 Å². The fourth-order valence-corrected chi connectivity index (χ4v) is 4.50. The highest BCUT2D eigenvalue weighted by molar-refractivity contribution is 6.06. The predicted octanol–water partition coefficient (Wildman–Crippen LogP) is 2.21. The highest BCUT2D eigenvalue weighted by atomic mass is 16.2. The van der Waals surface area contributed by atoms with E-state index in [1.165, 1.54) is 0 Å². The average molecular weight is 492 g/mol. The maximum Gasteiger partial charge on any atom is 0.253 e. The number of aromatic amines is 1. The first-order chi connectivity index (χ1) is 17.1. The zero-order valence-corrected chi connectivity index (χ0v) is 21.4. The molecule has 0 aliphatic carbocycles. The Labute approximate surface area is 209 Å². The van der Waals surface area contributed by atoms with Crippen LogP contribution in [0.3, 0.4) is 0 Å². The van der Waals surface area contributed by atoms with Crippen LogP contribution in [0.1, 0.15) is 66.1 Å². The number of amides is 2. The van der Waals surface area contributed by atoms with Crippen molar-refractivity contribution in [1.29, 1.82) is 0 Å². The quantitative estimate of drug-likeness (QED) is 0.483. The van der Waals surface area contributed by atoms with Gasteiger partial charge in [0, 0.05) is 36.9 Å². The van der Waals surface area contributed by atoms with Crippen molar-refractivity contribution in [3.8, 4) is 0 Å². The molecule has 2 amide bonds. The standard InChI is InChI=1S/C26H33N7O3/c1-14(2)33-23-21(13-29-33)19(24(34)28-12-20-15(3)10-16(4)30-25(20)35)11-22(31-23)18-6-8-32(9-7-18)26(36)17(5)27/h6,10-11,13-14,17H,7-9,12,27H2,1-5H3,(H,28,34)(H,30,35). The number of fused-ring (bicyclic) bond motifs is 1. The number of hydrogen-bond donors (Lipinski definition) is 3. The second-order valence-corrected chi connectivity index (χ2v) is 9.65. The molecule has 190 valence electrons. The van der Waals surface area contributed by atoms with Crippen LogP contribution >= 0.6 is 0 Å². The van der Waals surface area contributed by atoms with Gasteiger partial charge in [-0.1, -0.05) is 6.08 Å². The minimum atomic E-state index is -0.547. The molecule has 0 spiro atoms. The number of carbonyl (C=O) groups excluding carboxylic acids is 2. The van der Waals surface area contributed by atoms with E-state index >= 15 is 0 Å². The number of nitrogens with one attached hydrogen (secondary N) is 2. The molecule has 1 aliphatic rings. The van der Waals surface area contributed by atoms with E-state index in [0.29, 0.717) is 47.4 Å². The van der Waals surface area contributed by atoms with Crippen LogP contribution < -0.4 is 16.6 Å². The Bertz CT molecular complexity index is 1410. The first-order valence-corrected chi connectivity index (χ1v) is 12.2. The van der Waals surface area contributed by atoms with Crippen LogP contribution in [0.25, 0.3) is 16.6 Å². The van der Waals surface area contributed by atoms with Crippen LogP contribution in [0.15, 0.2) is 29.2 Å². The number of nitrogens with zero attached hydrogens (tertiary/aromatic N) is 4. The van der Waals surface area contributed by atoms with Gasteiger partial charge in [0.25, 0.3) is 11.5 Å². The molecule has 4 heterocycles. The summed E-state index contributed by atoms with van der Waals surface area (Å²) >= 11 is 0. The van der Waals surface area contributed by atoms with Crippen LogP contribution in [0.2, 0.25) is 0 Å². The number of hydrogen-bond acceptors (Lipinski definition) is 6. The van der Waals surface area contributed by atoms with Gasteiger partial charge in [0.15, 0.2) is 5.65 Å². The lowest BCUT2D eigenvalue weighted by Crippen LogP contribution is -2.43. The van der Waals surface area contributed by atoms with Gasteiger partial charge in [-0.2, -0.15) is 5.10 Å². The van der Waals surface area contributed by atoms with Crippen LogP contribution in [-0.2, 0) is 11.3 Å². The van der Waals surface area contributed by atoms with Crippen molar-refractivity contribution in [2.45, 2.75) is 59.7 Å². The molecular formula is C26H33N7O3. The number of H-pyrrole nitrogens is 1. The summed E-state index contributed by atoms with van der Waals surface area (Å²) < 4.78 is 1.79. The molecular weight excluding hydrogens is 458 g/mol. The molecule has 10 heteroatoms. The first-order valence-electron chi connectivity index (χ1n) is 12.2. The zero-order valence-electron chi connectivity index (χ0n) is 21.4. The molecule has 1 atom stereocenters. The van der Waals surface area contributed by atoms with Crippen LogP contribution in [0.4, 0.5) is 0 Å².